The minimum absolute atomic E-state index is 0.00580. The van der Waals surface area contributed by atoms with Gasteiger partial charge in [0.05, 0.1) is 16.3 Å². The average Bonchev–Trinajstić information content (AvgIpc) is 2.98. The van der Waals surface area contributed by atoms with Crippen LogP contribution in [0.3, 0.4) is 0 Å². The Kier molecular flexibility index (Phi) is 5.10. The third-order valence-electron chi connectivity index (χ3n) is 4.82. The molecule has 0 fully saturated rings. The standard InChI is InChI=1S/C20H17ClFN3O4/c21-15-11-16(22)17(25-19(27)23-8-4-5-9-24(23)20(25)28)10-14(15)18(26)29-12-13-6-2-1-3-7-13/h1-3,6-7,10-11H,4-5,8-9,12H2. The molecule has 0 N–H and O–H groups in total. The quantitative estimate of drug-likeness (QED) is 0.612. The summed E-state index contributed by atoms with van der Waals surface area (Å²) in [6.45, 7) is 0.760. The van der Waals surface area contributed by atoms with Crippen molar-refractivity contribution in [3.63, 3.8) is 0 Å². The molecule has 0 bridgehead atoms. The Morgan fingerprint density at radius 3 is 2.28 bits per heavy atom. The Bertz CT molecular complexity index is 1160. The van der Waals surface area contributed by atoms with Crippen LogP contribution in [-0.4, -0.2) is 19.9 Å². The van der Waals surface area contributed by atoms with Crippen LogP contribution in [0.4, 0.5) is 4.39 Å². The summed E-state index contributed by atoms with van der Waals surface area (Å²) in [6.07, 6.45) is 1.51. The molecule has 0 amide bonds. The van der Waals surface area contributed by atoms with Crippen LogP contribution in [0.25, 0.3) is 5.69 Å². The van der Waals surface area contributed by atoms with E-state index in [0.29, 0.717) is 13.1 Å². The topological polar surface area (TPSA) is 75.2 Å². The average molecular weight is 418 g/mol. The van der Waals surface area contributed by atoms with E-state index < -0.39 is 23.2 Å². The van der Waals surface area contributed by atoms with Gasteiger partial charge in [-0.3, -0.25) is 0 Å². The molecule has 9 heteroatoms. The lowest BCUT2D eigenvalue weighted by Crippen LogP contribution is -2.30. The number of aromatic nitrogens is 3. The number of hydrogen-bond donors (Lipinski definition) is 0. The van der Waals surface area contributed by atoms with Crippen LogP contribution in [0.2, 0.25) is 5.02 Å². The number of benzene rings is 2. The summed E-state index contributed by atoms with van der Waals surface area (Å²) in [4.78, 5) is 37.8. The van der Waals surface area contributed by atoms with Crippen molar-refractivity contribution in [2.75, 3.05) is 0 Å². The van der Waals surface area contributed by atoms with E-state index >= 15 is 0 Å². The summed E-state index contributed by atoms with van der Waals surface area (Å²) in [5, 5.41) is -0.165. The maximum absolute atomic E-state index is 14.6. The Morgan fingerprint density at radius 1 is 1.03 bits per heavy atom. The van der Waals surface area contributed by atoms with Gasteiger partial charge in [0.25, 0.3) is 0 Å². The smallest absolute Gasteiger partial charge is 0.351 e. The van der Waals surface area contributed by atoms with Crippen LogP contribution in [0, 0.1) is 5.82 Å². The second-order valence-corrected chi connectivity index (χ2v) is 7.11. The second kappa shape index (κ2) is 7.71. The molecule has 29 heavy (non-hydrogen) atoms. The largest absolute Gasteiger partial charge is 0.457 e. The molecular formula is C20H17ClFN3O4. The molecule has 0 unspecified atom stereocenters. The highest BCUT2D eigenvalue weighted by Crippen LogP contribution is 2.24. The molecule has 150 valence electrons. The number of ether oxygens (including phenoxy) is 1. The fourth-order valence-corrected chi connectivity index (χ4v) is 3.57. The Labute approximate surface area is 169 Å². The van der Waals surface area contributed by atoms with Gasteiger partial charge in [0.1, 0.15) is 12.4 Å². The van der Waals surface area contributed by atoms with Gasteiger partial charge in [0.2, 0.25) is 0 Å². The van der Waals surface area contributed by atoms with E-state index in [4.69, 9.17) is 16.3 Å². The van der Waals surface area contributed by atoms with Crippen molar-refractivity contribution in [3.8, 4) is 5.69 Å². The minimum atomic E-state index is -0.877. The molecule has 1 aromatic heterocycles. The van der Waals surface area contributed by atoms with Gasteiger partial charge in [0.15, 0.2) is 0 Å². The van der Waals surface area contributed by atoms with E-state index in [-0.39, 0.29) is 22.9 Å². The van der Waals surface area contributed by atoms with Gasteiger partial charge in [-0.1, -0.05) is 41.9 Å². The molecule has 0 radical (unpaired) electrons. The first-order valence-corrected chi connectivity index (χ1v) is 9.48. The maximum atomic E-state index is 14.6. The van der Waals surface area contributed by atoms with E-state index in [1.54, 1.807) is 24.3 Å². The normalized spacial score (nSPS) is 13.2. The summed E-state index contributed by atoms with van der Waals surface area (Å²) in [7, 11) is 0. The van der Waals surface area contributed by atoms with Crippen LogP contribution in [0.5, 0.6) is 0 Å². The van der Waals surface area contributed by atoms with Crippen molar-refractivity contribution in [1.29, 1.82) is 0 Å². The highest BCUT2D eigenvalue weighted by atomic mass is 35.5. The zero-order valence-electron chi connectivity index (χ0n) is 15.3. The molecule has 1 aliphatic rings. The summed E-state index contributed by atoms with van der Waals surface area (Å²) < 4.78 is 23.1. The number of halogens is 2. The zero-order valence-corrected chi connectivity index (χ0v) is 16.1. The predicted octanol–water partition coefficient (Wildman–Crippen LogP) is 2.74. The lowest BCUT2D eigenvalue weighted by atomic mass is 10.2. The van der Waals surface area contributed by atoms with Crippen molar-refractivity contribution in [1.82, 2.24) is 13.9 Å². The number of carbonyl (C=O) groups is 1. The lowest BCUT2D eigenvalue weighted by Gasteiger charge is -2.13. The third kappa shape index (κ3) is 3.51. The Hall–Kier alpha value is -3.13. The van der Waals surface area contributed by atoms with E-state index in [0.717, 1.165) is 35.1 Å². The predicted molar refractivity (Wildman–Crippen MR) is 104 cm³/mol. The molecule has 2 aromatic carbocycles. The monoisotopic (exact) mass is 417 g/mol. The first kappa shape index (κ1) is 19.2. The lowest BCUT2D eigenvalue weighted by molar-refractivity contribution is 0.0473. The summed E-state index contributed by atoms with van der Waals surface area (Å²) >= 11 is 6.03. The first-order valence-electron chi connectivity index (χ1n) is 9.10. The fraction of sp³-hybridized carbons (Fsp3) is 0.250. The maximum Gasteiger partial charge on any atom is 0.351 e. The molecule has 0 saturated heterocycles. The van der Waals surface area contributed by atoms with Gasteiger partial charge in [-0.15, -0.1) is 0 Å². The molecule has 0 aliphatic carbocycles. The minimum Gasteiger partial charge on any atom is -0.457 e. The Morgan fingerprint density at radius 2 is 1.66 bits per heavy atom. The van der Waals surface area contributed by atoms with E-state index in [1.165, 1.54) is 9.36 Å². The van der Waals surface area contributed by atoms with E-state index in [1.807, 2.05) is 6.07 Å². The highest BCUT2D eigenvalue weighted by Gasteiger charge is 2.24. The SMILES string of the molecule is O=C(OCc1ccccc1)c1cc(-n2c(=O)n3n(c2=O)CCCC3)c(F)cc1Cl. The van der Waals surface area contributed by atoms with Crippen molar-refractivity contribution in [2.45, 2.75) is 32.5 Å². The number of esters is 1. The summed E-state index contributed by atoms with van der Waals surface area (Å²) in [6, 6.07) is 11.0. The van der Waals surface area contributed by atoms with Crippen LogP contribution in [0.1, 0.15) is 28.8 Å². The second-order valence-electron chi connectivity index (χ2n) is 6.70. The van der Waals surface area contributed by atoms with Crippen molar-refractivity contribution < 1.29 is 13.9 Å². The molecule has 1 aliphatic heterocycles. The molecular weight excluding hydrogens is 401 g/mol. The van der Waals surface area contributed by atoms with Gasteiger partial charge in [-0.25, -0.2) is 32.7 Å². The molecule has 7 nitrogen and oxygen atoms in total. The number of nitrogens with zero attached hydrogens (tertiary/aromatic N) is 3. The van der Waals surface area contributed by atoms with Gasteiger partial charge >= 0.3 is 17.3 Å². The van der Waals surface area contributed by atoms with Gasteiger partial charge in [-0.2, -0.15) is 0 Å². The summed E-state index contributed by atoms with van der Waals surface area (Å²) in [5.74, 6) is -1.66. The zero-order chi connectivity index (χ0) is 20.5. The van der Waals surface area contributed by atoms with Crippen LogP contribution in [0.15, 0.2) is 52.1 Å². The number of rotatable bonds is 4. The Balaban J connectivity index is 1.72. The van der Waals surface area contributed by atoms with E-state index in [2.05, 4.69) is 0 Å². The van der Waals surface area contributed by atoms with Crippen molar-refractivity contribution in [2.24, 2.45) is 0 Å². The van der Waals surface area contributed by atoms with Gasteiger partial charge in [0, 0.05) is 13.1 Å². The third-order valence-corrected chi connectivity index (χ3v) is 5.13. The van der Waals surface area contributed by atoms with Crippen molar-refractivity contribution in [3.05, 3.63) is 85.4 Å². The van der Waals surface area contributed by atoms with Gasteiger partial charge < -0.3 is 4.74 Å². The molecule has 0 atom stereocenters. The first-order chi connectivity index (χ1) is 14.0. The number of hydrogen-bond acceptors (Lipinski definition) is 4. The molecule has 2 heterocycles. The van der Waals surface area contributed by atoms with Crippen LogP contribution < -0.4 is 11.4 Å². The van der Waals surface area contributed by atoms with Crippen LogP contribution in [-0.2, 0) is 24.4 Å². The number of fused-ring (bicyclic) bond motifs is 1. The number of carbonyl (C=O) groups excluding carboxylic acids is 1. The molecule has 0 spiro atoms. The highest BCUT2D eigenvalue weighted by molar-refractivity contribution is 6.33. The molecule has 3 aromatic rings. The van der Waals surface area contributed by atoms with E-state index in [9.17, 15) is 18.8 Å². The van der Waals surface area contributed by atoms with Gasteiger partial charge in [-0.05, 0) is 30.5 Å². The molecule has 0 saturated carbocycles. The van der Waals surface area contributed by atoms with Crippen molar-refractivity contribution >= 4 is 17.6 Å². The fourth-order valence-electron chi connectivity index (χ4n) is 3.35. The molecule has 4 rings (SSSR count). The van der Waals surface area contributed by atoms with Crippen LogP contribution >= 0.6 is 11.6 Å². The summed E-state index contributed by atoms with van der Waals surface area (Å²) in [5.41, 5.74) is -0.988.